The summed E-state index contributed by atoms with van der Waals surface area (Å²) in [5.74, 6) is 0.472. The van der Waals surface area contributed by atoms with Gasteiger partial charge in [-0.05, 0) is 37.1 Å². The quantitative estimate of drug-likeness (QED) is 0.632. The summed E-state index contributed by atoms with van der Waals surface area (Å²) in [6, 6.07) is 12.3. The summed E-state index contributed by atoms with van der Waals surface area (Å²) in [5.41, 5.74) is 2.06. The third-order valence-electron chi connectivity index (χ3n) is 6.40. The number of likely N-dealkylation sites (tertiary alicyclic amines) is 1. The minimum absolute atomic E-state index is 0.307. The highest BCUT2D eigenvalue weighted by Crippen LogP contribution is 2.44. The van der Waals surface area contributed by atoms with E-state index in [2.05, 4.69) is 9.88 Å². The zero-order valence-corrected chi connectivity index (χ0v) is 16.1. The van der Waals surface area contributed by atoms with Crippen molar-refractivity contribution >= 4 is 10.9 Å². The van der Waals surface area contributed by atoms with Crippen LogP contribution in [0.3, 0.4) is 0 Å². The molecule has 0 unspecified atom stereocenters. The number of hydrogen-bond acceptors (Lipinski definition) is 4. The van der Waals surface area contributed by atoms with Gasteiger partial charge in [-0.15, -0.1) is 0 Å². The zero-order valence-electron chi connectivity index (χ0n) is 16.1. The molecule has 0 bridgehead atoms. The summed E-state index contributed by atoms with van der Waals surface area (Å²) in [5, 5.41) is 22.1. The topological polar surface area (TPSA) is 68.7 Å². The Morgan fingerprint density at radius 2 is 2.00 bits per heavy atom. The predicted molar refractivity (Wildman–Crippen MR) is 108 cm³/mol. The Bertz CT molecular complexity index is 1030. The summed E-state index contributed by atoms with van der Waals surface area (Å²) < 4.78 is 19.9. The van der Waals surface area contributed by atoms with Gasteiger partial charge in [-0.1, -0.05) is 18.2 Å². The maximum atomic E-state index is 13.6. The number of aliphatic hydroxyl groups is 2. The van der Waals surface area contributed by atoms with Crippen molar-refractivity contribution in [1.29, 1.82) is 0 Å². The first kappa shape index (κ1) is 18.6. The van der Waals surface area contributed by atoms with Crippen LogP contribution in [0.25, 0.3) is 10.9 Å². The standard InChI is InChI=1S/C23H25FN2O3/c24-15-5-6-19-17(11-15)18(13-25-19)21(28)14-26-9-7-23(8-10-26)12-20(27)16-3-1-2-4-22(16)29-23/h1-6,11,13,20-21,25,27-28H,7-10,12,14H2/t20-,21-/m1/s1. The zero-order chi connectivity index (χ0) is 20.0. The first-order chi connectivity index (χ1) is 14.0. The minimum Gasteiger partial charge on any atom is -0.487 e. The van der Waals surface area contributed by atoms with Crippen molar-refractivity contribution in [3.63, 3.8) is 0 Å². The molecule has 2 aromatic carbocycles. The molecule has 2 aliphatic rings. The summed E-state index contributed by atoms with van der Waals surface area (Å²) >= 11 is 0. The van der Waals surface area contributed by atoms with Gasteiger partial charge in [0.2, 0.25) is 0 Å². The third kappa shape index (κ3) is 3.41. The first-order valence-corrected chi connectivity index (χ1v) is 10.2. The van der Waals surface area contributed by atoms with Crippen LogP contribution >= 0.6 is 0 Å². The molecule has 1 fully saturated rings. The number of benzene rings is 2. The Morgan fingerprint density at radius 3 is 2.83 bits per heavy atom. The van der Waals surface area contributed by atoms with Gasteiger partial charge < -0.3 is 24.8 Å². The van der Waals surface area contributed by atoms with Crippen molar-refractivity contribution in [1.82, 2.24) is 9.88 Å². The normalized spacial score (nSPS) is 22.4. The summed E-state index contributed by atoms with van der Waals surface area (Å²) in [4.78, 5) is 5.31. The lowest BCUT2D eigenvalue weighted by molar-refractivity contribution is -0.0587. The van der Waals surface area contributed by atoms with Crippen LogP contribution in [0.4, 0.5) is 4.39 Å². The molecular formula is C23H25FN2O3. The number of nitrogens with one attached hydrogen (secondary N) is 1. The molecule has 5 nitrogen and oxygen atoms in total. The number of nitrogens with zero attached hydrogens (tertiary/aromatic N) is 1. The molecule has 2 atom stereocenters. The molecule has 0 aliphatic carbocycles. The van der Waals surface area contributed by atoms with Crippen LogP contribution in [0.15, 0.2) is 48.7 Å². The van der Waals surface area contributed by atoms with E-state index in [-0.39, 0.29) is 11.4 Å². The molecule has 1 spiro atoms. The smallest absolute Gasteiger partial charge is 0.125 e. The van der Waals surface area contributed by atoms with E-state index in [1.807, 2.05) is 24.3 Å². The molecule has 0 saturated carbocycles. The second-order valence-electron chi connectivity index (χ2n) is 8.29. The third-order valence-corrected chi connectivity index (χ3v) is 6.40. The average Bonchev–Trinajstić information content (AvgIpc) is 3.13. The maximum Gasteiger partial charge on any atom is 0.125 e. The molecule has 6 heteroatoms. The fourth-order valence-corrected chi connectivity index (χ4v) is 4.77. The molecule has 2 aliphatic heterocycles. The van der Waals surface area contributed by atoms with E-state index in [0.29, 0.717) is 13.0 Å². The largest absolute Gasteiger partial charge is 0.487 e. The second-order valence-corrected chi connectivity index (χ2v) is 8.29. The van der Waals surface area contributed by atoms with Crippen LogP contribution in [0, 0.1) is 5.82 Å². The Labute approximate surface area is 168 Å². The Balaban J connectivity index is 1.26. The lowest BCUT2D eigenvalue weighted by Crippen LogP contribution is -2.51. The first-order valence-electron chi connectivity index (χ1n) is 10.2. The van der Waals surface area contributed by atoms with Gasteiger partial charge in [-0.3, -0.25) is 0 Å². The van der Waals surface area contributed by atoms with Crippen molar-refractivity contribution in [3.8, 4) is 5.75 Å². The van der Waals surface area contributed by atoms with E-state index in [1.165, 1.54) is 12.1 Å². The van der Waals surface area contributed by atoms with Gasteiger partial charge in [0, 0.05) is 54.3 Å². The number of hydrogen-bond donors (Lipinski definition) is 3. The van der Waals surface area contributed by atoms with E-state index >= 15 is 0 Å². The summed E-state index contributed by atoms with van der Waals surface area (Å²) in [6.45, 7) is 2.05. The van der Waals surface area contributed by atoms with Crippen LogP contribution < -0.4 is 4.74 Å². The van der Waals surface area contributed by atoms with Gasteiger partial charge in [0.15, 0.2) is 0 Å². The number of fused-ring (bicyclic) bond motifs is 2. The van der Waals surface area contributed by atoms with Gasteiger partial charge in [0.25, 0.3) is 0 Å². The van der Waals surface area contributed by atoms with Crippen LogP contribution in [0.1, 0.15) is 42.6 Å². The highest BCUT2D eigenvalue weighted by atomic mass is 19.1. The number of halogens is 1. The SMILES string of the molecule is O[C@@H]1CC2(CCN(C[C@@H](O)c3c[nH]c4ccc(F)cc34)CC2)Oc2ccccc21. The van der Waals surface area contributed by atoms with Crippen LogP contribution in [-0.2, 0) is 0 Å². The van der Waals surface area contributed by atoms with Crippen molar-refractivity contribution < 1.29 is 19.3 Å². The number of H-pyrrole nitrogens is 1. The van der Waals surface area contributed by atoms with Crippen LogP contribution in [0.2, 0.25) is 0 Å². The summed E-state index contributed by atoms with van der Waals surface area (Å²) in [6.07, 6.45) is 2.76. The molecule has 3 heterocycles. The van der Waals surface area contributed by atoms with Crippen molar-refractivity contribution in [3.05, 3.63) is 65.6 Å². The molecule has 5 rings (SSSR count). The molecule has 1 aromatic heterocycles. The van der Waals surface area contributed by atoms with Crippen molar-refractivity contribution in [2.24, 2.45) is 0 Å². The van der Waals surface area contributed by atoms with Gasteiger partial charge in [-0.25, -0.2) is 4.39 Å². The molecular weight excluding hydrogens is 371 g/mol. The van der Waals surface area contributed by atoms with Crippen LogP contribution in [-0.4, -0.2) is 45.3 Å². The maximum absolute atomic E-state index is 13.6. The number of piperidine rings is 1. The molecule has 29 heavy (non-hydrogen) atoms. The number of para-hydroxylation sites is 1. The van der Waals surface area contributed by atoms with Gasteiger partial charge >= 0.3 is 0 Å². The van der Waals surface area contributed by atoms with Crippen molar-refractivity contribution in [2.45, 2.75) is 37.1 Å². The lowest BCUT2D eigenvalue weighted by Gasteiger charge is -2.46. The van der Waals surface area contributed by atoms with Crippen molar-refractivity contribution in [2.75, 3.05) is 19.6 Å². The number of aliphatic hydroxyl groups excluding tert-OH is 2. The number of aromatic amines is 1. The van der Waals surface area contributed by atoms with E-state index in [0.717, 1.165) is 53.7 Å². The summed E-state index contributed by atoms with van der Waals surface area (Å²) in [7, 11) is 0. The Morgan fingerprint density at radius 1 is 1.21 bits per heavy atom. The lowest BCUT2D eigenvalue weighted by atomic mass is 9.81. The van der Waals surface area contributed by atoms with Gasteiger partial charge in [0.05, 0.1) is 12.2 Å². The number of rotatable bonds is 3. The monoisotopic (exact) mass is 396 g/mol. The predicted octanol–water partition coefficient (Wildman–Crippen LogP) is 3.69. The minimum atomic E-state index is -0.696. The fraction of sp³-hybridized carbons (Fsp3) is 0.391. The fourth-order valence-electron chi connectivity index (χ4n) is 4.77. The van der Waals surface area contributed by atoms with E-state index in [1.54, 1.807) is 12.3 Å². The number of ether oxygens (including phenoxy) is 1. The molecule has 3 N–H and O–H groups in total. The Hall–Kier alpha value is -2.41. The van der Waals surface area contributed by atoms with E-state index in [4.69, 9.17) is 4.74 Å². The molecule has 0 radical (unpaired) electrons. The molecule has 152 valence electrons. The molecule has 1 saturated heterocycles. The highest BCUT2D eigenvalue weighted by molar-refractivity contribution is 5.83. The molecule has 3 aromatic rings. The van der Waals surface area contributed by atoms with E-state index in [9.17, 15) is 14.6 Å². The van der Waals surface area contributed by atoms with Gasteiger partial charge in [-0.2, -0.15) is 0 Å². The van der Waals surface area contributed by atoms with Gasteiger partial charge in [0.1, 0.15) is 17.2 Å². The Kier molecular flexibility index (Phi) is 4.57. The number of β-amino-alcohol motifs (C(OH)–C–C–N with tert-alkyl or cyclic N) is 1. The highest BCUT2D eigenvalue weighted by Gasteiger charge is 2.43. The number of aromatic nitrogens is 1. The van der Waals surface area contributed by atoms with E-state index < -0.39 is 12.2 Å². The second kappa shape index (κ2) is 7.13. The van der Waals surface area contributed by atoms with Crippen LogP contribution in [0.5, 0.6) is 5.75 Å². The molecule has 0 amide bonds. The average molecular weight is 396 g/mol.